The van der Waals surface area contributed by atoms with Crippen molar-refractivity contribution >= 4 is 11.8 Å². The lowest BCUT2D eigenvalue weighted by atomic mass is 9.88. The minimum Gasteiger partial charge on any atom is -0.497 e. The molecule has 1 spiro atoms. The first-order chi connectivity index (χ1) is 14.9. The third-order valence-corrected chi connectivity index (χ3v) is 6.15. The molecule has 2 aromatic rings. The van der Waals surface area contributed by atoms with Gasteiger partial charge in [-0.25, -0.2) is 4.98 Å². The van der Waals surface area contributed by atoms with Crippen LogP contribution in [0.25, 0.3) is 0 Å². The van der Waals surface area contributed by atoms with Gasteiger partial charge in [-0.1, -0.05) is 26.0 Å². The largest absolute Gasteiger partial charge is 0.497 e. The van der Waals surface area contributed by atoms with Crippen LogP contribution in [0.2, 0.25) is 0 Å². The highest BCUT2D eigenvalue weighted by Gasteiger charge is 2.47. The van der Waals surface area contributed by atoms with Crippen LogP contribution in [0.5, 0.6) is 5.75 Å². The molecule has 0 saturated carbocycles. The molecule has 2 amide bonds. The number of amides is 2. The number of methoxy groups -OCH3 is 1. The molecular weight excluding hydrogens is 396 g/mol. The number of carbonyl (C=O) groups is 2. The number of carbonyl (C=O) groups excluding carboxylic acids is 2. The van der Waals surface area contributed by atoms with E-state index in [-0.39, 0.29) is 17.7 Å². The van der Waals surface area contributed by atoms with Crippen LogP contribution < -0.4 is 10.1 Å². The van der Waals surface area contributed by atoms with E-state index in [1.54, 1.807) is 13.3 Å². The van der Waals surface area contributed by atoms with Gasteiger partial charge >= 0.3 is 0 Å². The summed E-state index contributed by atoms with van der Waals surface area (Å²) in [6.07, 6.45) is 4.31. The molecule has 0 radical (unpaired) electrons. The van der Waals surface area contributed by atoms with E-state index in [4.69, 9.17) is 9.47 Å². The summed E-state index contributed by atoms with van der Waals surface area (Å²) in [4.78, 5) is 31.8. The average molecular weight is 427 g/mol. The Kier molecular flexibility index (Phi) is 6.00. The maximum atomic E-state index is 13.0. The summed E-state index contributed by atoms with van der Waals surface area (Å²) in [6, 6.07) is 7.60. The molecule has 0 aliphatic carbocycles. The number of rotatable bonds is 5. The summed E-state index contributed by atoms with van der Waals surface area (Å²) in [5.74, 6) is 1.61. The van der Waals surface area contributed by atoms with Gasteiger partial charge in [-0.3, -0.25) is 9.59 Å². The fraction of sp³-hybridized carbons (Fsp3) is 0.522. The molecule has 31 heavy (non-hydrogen) atoms. The van der Waals surface area contributed by atoms with Gasteiger partial charge in [0.05, 0.1) is 13.7 Å². The Labute approximate surface area is 182 Å². The summed E-state index contributed by atoms with van der Waals surface area (Å²) in [5.41, 5.74) is 0.348. The van der Waals surface area contributed by atoms with E-state index in [1.807, 2.05) is 53.8 Å². The number of imidazole rings is 1. The van der Waals surface area contributed by atoms with Crippen molar-refractivity contribution in [2.75, 3.05) is 20.2 Å². The van der Waals surface area contributed by atoms with Crippen molar-refractivity contribution in [2.45, 2.75) is 51.5 Å². The molecule has 8 nitrogen and oxygen atoms in total. The average Bonchev–Trinajstić information content (AvgIpc) is 3.27. The number of nitrogens with one attached hydrogen (secondary N) is 1. The Morgan fingerprint density at radius 1 is 1.26 bits per heavy atom. The number of benzene rings is 1. The minimum atomic E-state index is -0.641. The van der Waals surface area contributed by atoms with E-state index in [1.165, 1.54) is 0 Å². The summed E-state index contributed by atoms with van der Waals surface area (Å²) in [7, 11) is 1.63. The number of fused-ring (bicyclic) bond motifs is 2. The highest BCUT2D eigenvalue weighted by molar-refractivity contribution is 5.81. The summed E-state index contributed by atoms with van der Waals surface area (Å²) in [6.45, 7) is 5.89. The van der Waals surface area contributed by atoms with Crippen molar-refractivity contribution in [1.82, 2.24) is 19.8 Å². The van der Waals surface area contributed by atoms with Crippen LogP contribution in [-0.2, 0) is 33.0 Å². The Morgan fingerprint density at radius 3 is 2.61 bits per heavy atom. The molecule has 1 unspecified atom stereocenters. The van der Waals surface area contributed by atoms with E-state index < -0.39 is 11.7 Å². The number of hydrogen-bond donors (Lipinski definition) is 1. The lowest BCUT2D eigenvalue weighted by molar-refractivity contribution is -0.176. The molecule has 8 heteroatoms. The molecule has 2 aliphatic rings. The zero-order valence-corrected chi connectivity index (χ0v) is 18.3. The van der Waals surface area contributed by atoms with E-state index in [0.717, 1.165) is 17.1 Å². The van der Waals surface area contributed by atoms with Crippen molar-refractivity contribution in [2.24, 2.45) is 5.92 Å². The highest BCUT2D eigenvalue weighted by Crippen LogP contribution is 2.40. The first-order valence-electron chi connectivity index (χ1n) is 10.8. The van der Waals surface area contributed by atoms with Gasteiger partial charge in [0.15, 0.2) is 6.10 Å². The van der Waals surface area contributed by atoms with Crippen LogP contribution in [-0.4, -0.2) is 52.6 Å². The van der Waals surface area contributed by atoms with Gasteiger partial charge in [0.1, 0.15) is 17.2 Å². The Bertz CT molecular complexity index is 929. The smallest absolute Gasteiger partial charge is 0.251 e. The predicted molar refractivity (Wildman–Crippen MR) is 114 cm³/mol. The molecule has 2 aliphatic heterocycles. The standard InChI is InChI=1S/C23H30N4O4/c1-16(2)21(29)26-11-8-23(9-12-26)22-24-10-13-27(22)15-19(31-23)20(28)25-14-17-4-6-18(30-3)7-5-17/h4-7,10,13,16,19H,8-9,11-12,14-15H2,1-3H3,(H,25,28). The molecule has 1 aromatic carbocycles. The number of likely N-dealkylation sites (tertiary alicyclic amines) is 1. The van der Waals surface area contributed by atoms with Gasteiger partial charge in [-0.15, -0.1) is 0 Å². The fourth-order valence-electron chi connectivity index (χ4n) is 4.37. The number of aromatic nitrogens is 2. The van der Waals surface area contributed by atoms with Crippen LogP contribution in [0, 0.1) is 5.92 Å². The van der Waals surface area contributed by atoms with Crippen molar-refractivity contribution in [3.05, 3.63) is 48.0 Å². The fourth-order valence-corrected chi connectivity index (χ4v) is 4.37. The van der Waals surface area contributed by atoms with Crippen LogP contribution in [0.4, 0.5) is 0 Å². The minimum absolute atomic E-state index is 0.0280. The van der Waals surface area contributed by atoms with E-state index in [9.17, 15) is 9.59 Å². The number of hydrogen-bond acceptors (Lipinski definition) is 5. The van der Waals surface area contributed by atoms with Crippen LogP contribution >= 0.6 is 0 Å². The summed E-state index contributed by atoms with van der Waals surface area (Å²) >= 11 is 0. The molecule has 1 atom stereocenters. The van der Waals surface area contributed by atoms with Gasteiger partial charge in [-0.2, -0.15) is 0 Å². The first kappa shape index (κ1) is 21.4. The van der Waals surface area contributed by atoms with Gasteiger partial charge in [0, 0.05) is 50.8 Å². The molecule has 1 fully saturated rings. The van der Waals surface area contributed by atoms with Crippen molar-refractivity contribution in [3.63, 3.8) is 0 Å². The number of nitrogens with zero attached hydrogens (tertiary/aromatic N) is 3. The molecule has 1 saturated heterocycles. The number of ether oxygens (including phenoxy) is 2. The molecule has 166 valence electrons. The zero-order chi connectivity index (χ0) is 22.0. The quantitative estimate of drug-likeness (QED) is 0.791. The van der Waals surface area contributed by atoms with Crippen LogP contribution in [0.3, 0.4) is 0 Å². The molecule has 1 aromatic heterocycles. The molecule has 3 heterocycles. The SMILES string of the molecule is COc1ccc(CNC(=O)C2Cn3ccnc3C3(CCN(C(=O)C(C)C)CC3)O2)cc1. The second kappa shape index (κ2) is 8.70. The van der Waals surface area contributed by atoms with Crippen molar-refractivity contribution < 1.29 is 19.1 Å². The van der Waals surface area contributed by atoms with E-state index in [2.05, 4.69) is 10.3 Å². The summed E-state index contributed by atoms with van der Waals surface area (Å²) in [5, 5.41) is 2.99. The molecular formula is C23H30N4O4. The lowest BCUT2D eigenvalue weighted by Crippen LogP contribution is -2.55. The third-order valence-electron chi connectivity index (χ3n) is 6.15. The Morgan fingerprint density at radius 2 is 1.97 bits per heavy atom. The highest BCUT2D eigenvalue weighted by atomic mass is 16.5. The second-order valence-corrected chi connectivity index (χ2v) is 8.55. The van der Waals surface area contributed by atoms with Crippen molar-refractivity contribution in [1.29, 1.82) is 0 Å². The third kappa shape index (κ3) is 4.30. The molecule has 0 bridgehead atoms. The Balaban J connectivity index is 1.43. The maximum Gasteiger partial charge on any atom is 0.251 e. The zero-order valence-electron chi connectivity index (χ0n) is 18.3. The van der Waals surface area contributed by atoms with Gasteiger partial charge in [0.25, 0.3) is 5.91 Å². The predicted octanol–water partition coefficient (Wildman–Crippen LogP) is 2.08. The lowest BCUT2D eigenvalue weighted by Gasteiger charge is -2.45. The van der Waals surface area contributed by atoms with E-state index in [0.29, 0.717) is 39.0 Å². The van der Waals surface area contributed by atoms with Gasteiger partial charge in [0.2, 0.25) is 5.91 Å². The van der Waals surface area contributed by atoms with Gasteiger partial charge < -0.3 is 24.3 Å². The second-order valence-electron chi connectivity index (χ2n) is 8.55. The van der Waals surface area contributed by atoms with Crippen LogP contribution in [0.15, 0.2) is 36.7 Å². The molecule has 1 N–H and O–H groups in total. The number of piperidine rings is 1. The molecule has 4 rings (SSSR count). The Hall–Kier alpha value is -2.87. The van der Waals surface area contributed by atoms with E-state index >= 15 is 0 Å². The maximum absolute atomic E-state index is 13.0. The van der Waals surface area contributed by atoms with Gasteiger partial charge in [-0.05, 0) is 17.7 Å². The normalized spacial score (nSPS) is 19.9. The first-order valence-corrected chi connectivity index (χ1v) is 10.8. The topological polar surface area (TPSA) is 85.7 Å². The van der Waals surface area contributed by atoms with Crippen molar-refractivity contribution in [3.8, 4) is 5.75 Å². The summed E-state index contributed by atoms with van der Waals surface area (Å²) < 4.78 is 13.6. The monoisotopic (exact) mass is 426 g/mol. The van der Waals surface area contributed by atoms with Crippen LogP contribution in [0.1, 0.15) is 38.1 Å².